The standard InChI is InChI=1S/C15H30N2O2/c1-15(2,19)12-16-8-10-17(11-9-16)13-6-4-3-5-7-14(13)18/h13-14,18-19H,3-12H2,1-2H3. The normalized spacial score (nSPS) is 32.2. The molecule has 0 aromatic rings. The number of rotatable bonds is 3. The van der Waals surface area contributed by atoms with E-state index < -0.39 is 5.60 Å². The van der Waals surface area contributed by atoms with Gasteiger partial charge in [0.2, 0.25) is 0 Å². The van der Waals surface area contributed by atoms with Gasteiger partial charge in [0.25, 0.3) is 0 Å². The molecule has 1 aliphatic heterocycles. The number of hydrogen-bond acceptors (Lipinski definition) is 4. The number of β-amino-alcohol motifs (C(OH)–C–C–N with tert-alkyl or cyclic N) is 1. The van der Waals surface area contributed by atoms with E-state index in [4.69, 9.17) is 0 Å². The topological polar surface area (TPSA) is 46.9 Å². The van der Waals surface area contributed by atoms with Gasteiger partial charge in [-0.15, -0.1) is 0 Å². The summed E-state index contributed by atoms with van der Waals surface area (Å²) in [6.45, 7) is 8.55. The lowest BCUT2D eigenvalue weighted by molar-refractivity contribution is -0.0121. The molecule has 1 saturated carbocycles. The lowest BCUT2D eigenvalue weighted by atomic mass is 10.0. The van der Waals surface area contributed by atoms with Crippen LogP contribution in [0, 0.1) is 0 Å². The Kier molecular flexibility index (Phi) is 5.23. The van der Waals surface area contributed by atoms with Crippen molar-refractivity contribution in [3.05, 3.63) is 0 Å². The maximum absolute atomic E-state index is 10.3. The van der Waals surface area contributed by atoms with Crippen LogP contribution < -0.4 is 0 Å². The fraction of sp³-hybridized carbons (Fsp3) is 1.00. The Hall–Kier alpha value is -0.160. The Morgan fingerprint density at radius 3 is 2.26 bits per heavy atom. The molecule has 1 aliphatic carbocycles. The zero-order valence-electron chi connectivity index (χ0n) is 12.5. The average Bonchev–Trinajstić information content (AvgIpc) is 2.53. The summed E-state index contributed by atoms with van der Waals surface area (Å²) >= 11 is 0. The van der Waals surface area contributed by atoms with Gasteiger partial charge in [-0.05, 0) is 26.7 Å². The molecule has 2 N–H and O–H groups in total. The van der Waals surface area contributed by atoms with Crippen molar-refractivity contribution >= 4 is 0 Å². The van der Waals surface area contributed by atoms with Gasteiger partial charge in [0.15, 0.2) is 0 Å². The molecule has 2 fully saturated rings. The molecule has 4 heteroatoms. The van der Waals surface area contributed by atoms with E-state index in [1.807, 2.05) is 13.8 Å². The van der Waals surface area contributed by atoms with Crippen LogP contribution in [0.3, 0.4) is 0 Å². The molecule has 2 rings (SSSR count). The first kappa shape index (κ1) is 15.2. The predicted molar refractivity (Wildman–Crippen MR) is 77.2 cm³/mol. The highest BCUT2D eigenvalue weighted by molar-refractivity contribution is 4.86. The Morgan fingerprint density at radius 1 is 1.00 bits per heavy atom. The number of aliphatic hydroxyl groups excluding tert-OH is 1. The molecular formula is C15H30N2O2. The molecule has 2 unspecified atom stereocenters. The molecule has 0 amide bonds. The summed E-state index contributed by atoms with van der Waals surface area (Å²) in [5.74, 6) is 0. The van der Waals surface area contributed by atoms with Crippen LogP contribution >= 0.6 is 0 Å². The Bertz CT molecular complexity index is 270. The molecule has 1 heterocycles. The molecule has 1 saturated heterocycles. The van der Waals surface area contributed by atoms with Crippen LogP contribution in [-0.2, 0) is 0 Å². The minimum atomic E-state index is -0.607. The van der Waals surface area contributed by atoms with E-state index in [1.54, 1.807) is 0 Å². The minimum absolute atomic E-state index is 0.136. The third-order valence-electron chi connectivity index (χ3n) is 4.43. The van der Waals surface area contributed by atoms with Crippen LogP contribution in [0.5, 0.6) is 0 Å². The van der Waals surface area contributed by atoms with Crippen LogP contribution in [0.1, 0.15) is 46.0 Å². The second-order valence-electron chi connectivity index (χ2n) is 6.90. The Balaban J connectivity index is 1.81. The molecule has 0 radical (unpaired) electrons. The second kappa shape index (κ2) is 6.53. The molecule has 4 nitrogen and oxygen atoms in total. The van der Waals surface area contributed by atoms with Gasteiger partial charge >= 0.3 is 0 Å². The van der Waals surface area contributed by atoms with E-state index in [1.165, 1.54) is 19.3 Å². The van der Waals surface area contributed by atoms with Gasteiger partial charge < -0.3 is 10.2 Å². The highest BCUT2D eigenvalue weighted by Gasteiger charge is 2.30. The summed E-state index contributed by atoms with van der Waals surface area (Å²) in [4.78, 5) is 4.80. The summed E-state index contributed by atoms with van der Waals surface area (Å²) in [6.07, 6.45) is 5.68. The summed E-state index contributed by atoms with van der Waals surface area (Å²) in [5, 5.41) is 20.1. The van der Waals surface area contributed by atoms with Gasteiger partial charge in [-0.3, -0.25) is 9.80 Å². The number of aliphatic hydroxyl groups is 2. The average molecular weight is 270 g/mol. The second-order valence-corrected chi connectivity index (χ2v) is 6.90. The smallest absolute Gasteiger partial charge is 0.0718 e. The number of nitrogens with zero attached hydrogens (tertiary/aromatic N) is 2. The molecule has 0 bridgehead atoms. The molecular weight excluding hydrogens is 240 g/mol. The number of piperazine rings is 1. The predicted octanol–water partition coefficient (Wildman–Crippen LogP) is 1.07. The fourth-order valence-corrected chi connectivity index (χ4v) is 3.49. The van der Waals surface area contributed by atoms with Crippen LogP contribution in [0.2, 0.25) is 0 Å². The minimum Gasteiger partial charge on any atom is -0.391 e. The van der Waals surface area contributed by atoms with Crippen molar-refractivity contribution in [2.45, 2.75) is 63.7 Å². The molecule has 0 spiro atoms. The first-order valence-corrected chi connectivity index (χ1v) is 7.82. The zero-order valence-corrected chi connectivity index (χ0v) is 12.5. The van der Waals surface area contributed by atoms with Gasteiger partial charge in [-0.2, -0.15) is 0 Å². The van der Waals surface area contributed by atoms with Crippen molar-refractivity contribution in [1.82, 2.24) is 9.80 Å². The van der Waals surface area contributed by atoms with Gasteiger partial charge in [0.05, 0.1) is 11.7 Å². The molecule has 2 atom stereocenters. The van der Waals surface area contributed by atoms with Crippen LogP contribution in [0.15, 0.2) is 0 Å². The molecule has 112 valence electrons. The van der Waals surface area contributed by atoms with Crippen LogP contribution in [-0.4, -0.2) is 70.5 Å². The molecule has 2 aliphatic rings. The maximum Gasteiger partial charge on any atom is 0.0718 e. The third-order valence-corrected chi connectivity index (χ3v) is 4.43. The quantitative estimate of drug-likeness (QED) is 0.753. The number of hydrogen-bond donors (Lipinski definition) is 2. The first-order chi connectivity index (χ1) is 8.96. The van der Waals surface area contributed by atoms with Gasteiger partial charge in [0, 0.05) is 38.8 Å². The third kappa shape index (κ3) is 4.71. The van der Waals surface area contributed by atoms with Crippen molar-refractivity contribution < 1.29 is 10.2 Å². The van der Waals surface area contributed by atoms with E-state index in [9.17, 15) is 10.2 Å². The summed E-state index contributed by atoms with van der Waals surface area (Å²) < 4.78 is 0. The summed E-state index contributed by atoms with van der Waals surface area (Å²) in [5.41, 5.74) is -0.607. The SMILES string of the molecule is CC(C)(O)CN1CCN(C2CCCCCC2O)CC1. The monoisotopic (exact) mass is 270 g/mol. The Morgan fingerprint density at radius 2 is 1.63 bits per heavy atom. The van der Waals surface area contributed by atoms with Gasteiger partial charge in [-0.25, -0.2) is 0 Å². The first-order valence-electron chi connectivity index (χ1n) is 7.82. The highest BCUT2D eigenvalue weighted by atomic mass is 16.3. The lowest BCUT2D eigenvalue weighted by Crippen LogP contribution is -2.55. The van der Waals surface area contributed by atoms with Gasteiger partial charge in [-0.1, -0.05) is 19.3 Å². The van der Waals surface area contributed by atoms with Crippen molar-refractivity contribution in [2.24, 2.45) is 0 Å². The van der Waals surface area contributed by atoms with E-state index in [0.29, 0.717) is 6.04 Å². The highest BCUT2D eigenvalue weighted by Crippen LogP contribution is 2.23. The van der Waals surface area contributed by atoms with E-state index >= 15 is 0 Å². The van der Waals surface area contributed by atoms with Crippen LogP contribution in [0.4, 0.5) is 0 Å². The maximum atomic E-state index is 10.3. The summed E-state index contributed by atoms with van der Waals surface area (Å²) in [6, 6.07) is 0.367. The van der Waals surface area contributed by atoms with Crippen molar-refractivity contribution in [2.75, 3.05) is 32.7 Å². The van der Waals surface area contributed by atoms with Crippen molar-refractivity contribution in [1.29, 1.82) is 0 Å². The zero-order chi connectivity index (χ0) is 13.9. The van der Waals surface area contributed by atoms with Gasteiger partial charge in [0.1, 0.15) is 0 Å². The van der Waals surface area contributed by atoms with Crippen molar-refractivity contribution in [3.8, 4) is 0 Å². The van der Waals surface area contributed by atoms with Crippen LogP contribution in [0.25, 0.3) is 0 Å². The fourth-order valence-electron chi connectivity index (χ4n) is 3.49. The summed E-state index contributed by atoms with van der Waals surface area (Å²) in [7, 11) is 0. The molecule has 19 heavy (non-hydrogen) atoms. The largest absolute Gasteiger partial charge is 0.391 e. The van der Waals surface area contributed by atoms with Crippen molar-refractivity contribution in [3.63, 3.8) is 0 Å². The molecule has 0 aromatic carbocycles. The Labute approximate surface area is 117 Å². The lowest BCUT2D eigenvalue weighted by Gasteiger charge is -2.42. The molecule has 0 aromatic heterocycles. The van der Waals surface area contributed by atoms with E-state index in [2.05, 4.69) is 9.80 Å². The van der Waals surface area contributed by atoms with E-state index in [-0.39, 0.29) is 6.10 Å². The van der Waals surface area contributed by atoms with E-state index in [0.717, 1.165) is 45.6 Å².